The molecule has 0 fully saturated rings. The molecular weight excluding hydrogens is 340 g/mol. The normalized spacial score (nSPS) is 14.8. The highest BCUT2D eigenvalue weighted by Crippen LogP contribution is 2.44. The molecule has 1 N–H and O–H groups in total. The Morgan fingerprint density at radius 2 is 1.76 bits per heavy atom. The average molecular weight is 365 g/mol. The predicted octanol–water partition coefficient (Wildman–Crippen LogP) is 5.16. The Hall–Kier alpha value is -0.823. The first-order chi connectivity index (χ1) is 9.53. The van der Waals surface area contributed by atoms with Gasteiger partial charge in [0, 0.05) is 16.5 Å². The Kier molecular flexibility index (Phi) is 5.66. The molecule has 1 aromatic rings. The van der Waals surface area contributed by atoms with E-state index in [0.29, 0.717) is 6.42 Å². The van der Waals surface area contributed by atoms with Crippen molar-refractivity contribution in [3.8, 4) is 11.8 Å². The Balaban J connectivity index is 3.24. The van der Waals surface area contributed by atoms with Gasteiger partial charge in [-0.25, -0.2) is 0 Å². The maximum atomic E-state index is 11.2. The first-order valence-electron chi connectivity index (χ1n) is 7.15. The number of hydrogen-bond acceptors (Lipinski definition) is 1. The van der Waals surface area contributed by atoms with Gasteiger partial charge in [-0.1, -0.05) is 67.7 Å². The molecule has 1 rings (SSSR count). The van der Waals surface area contributed by atoms with E-state index >= 15 is 0 Å². The van der Waals surface area contributed by atoms with Crippen LogP contribution in [0.15, 0.2) is 41.4 Å². The molecule has 0 aliphatic rings. The number of halogens is 1. The lowest BCUT2D eigenvalue weighted by atomic mass is 10.2. The molecule has 0 aliphatic carbocycles. The van der Waals surface area contributed by atoms with E-state index in [0.717, 1.165) is 10.0 Å². The highest BCUT2D eigenvalue weighted by molar-refractivity contribution is 9.10. The highest BCUT2D eigenvalue weighted by Gasteiger charge is 2.50. The molecule has 1 atom stereocenters. The van der Waals surface area contributed by atoms with Crippen molar-refractivity contribution < 1.29 is 5.11 Å². The number of benzene rings is 1. The second-order valence-corrected chi connectivity index (χ2v) is 13.5. The van der Waals surface area contributed by atoms with Crippen LogP contribution in [-0.4, -0.2) is 18.4 Å². The third kappa shape index (κ3) is 4.09. The standard InChI is InChI=1S/C18H25BrOSi/c1-7-13-18(20,21(5,6)17(2,3)4)14-12-15-8-10-16(19)11-9-15/h7-11,20H,1,13H2,2-6H3. The molecule has 0 amide bonds. The molecule has 0 heterocycles. The van der Waals surface area contributed by atoms with E-state index in [-0.39, 0.29) is 5.04 Å². The van der Waals surface area contributed by atoms with Gasteiger partial charge in [0.1, 0.15) is 13.3 Å². The van der Waals surface area contributed by atoms with Crippen LogP contribution in [0, 0.1) is 11.8 Å². The third-order valence-electron chi connectivity index (χ3n) is 4.61. The highest BCUT2D eigenvalue weighted by atomic mass is 79.9. The minimum atomic E-state index is -2.04. The minimum Gasteiger partial charge on any atom is -0.381 e. The van der Waals surface area contributed by atoms with E-state index < -0.39 is 13.3 Å². The summed E-state index contributed by atoms with van der Waals surface area (Å²) in [6, 6.07) is 7.83. The first kappa shape index (κ1) is 18.2. The summed E-state index contributed by atoms with van der Waals surface area (Å²) in [4.78, 5) is 0. The van der Waals surface area contributed by atoms with Crippen molar-refractivity contribution in [3.63, 3.8) is 0 Å². The van der Waals surface area contributed by atoms with Crippen LogP contribution in [0.3, 0.4) is 0 Å². The fraction of sp³-hybridized carbons (Fsp3) is 0.444. The Morgan fingerprint density at radius 3 is 2.19 bits per heavy atom. The van der Waals surface area contributed by atoms with Gasteiger partial charge >= 0.3 is 0 Å². The average Bonchev–Trinajstić information content (AvgIpc) is 2.37. The van der Waals surface area contributed by atoms with Crippen molar-refractivity contribution in [2.45, 2.75) is 50.5 Å². The van der Waals surface area contributed by atoms with Gasteiger partial charge in [-0.3, -0.25) is 0 Å². The number of hydrogen-bond donors (Lipinski definition) is 1. The van der Waals surface area contributed by atoms with Crippen LogP contribution in [-0.2, 0) is 0 Å². The Labute approximate surface area is 138 Å². The van der Waals surface area contributed by atoms with Gasteiger partial charge < -0.3 is 5.11 Å². The molecule has 21 heavy (non-hydrogen) atoms. The topological polar surface area (TPSA) is 20.2 Å². The van der Waals surface area contributed by atoms with Crippen LogP contribution in [0.1, 0.15) is 32.8 Å². The summed E-state index contributed by atoms with van der Waals surface area (Å²) in [7, 11) is -2.04. The second-order valence-electron chi connectivity index (χ2n) is 6.98. The van der Waals surface area contributed by atoms with E-state index in [4.69, 9.17) is 0 Å². The summed E-state index contributed by atoms with van der Waals surface area (Å²) in [6.45, 7) is 14.8. The van der Waals surface area contributed by atoms with Crippen LogP contribution < -0.4 is 0 Å². The number of rotatable bonds is 3. The zero-order chi connectivity index (χ0) is 16.3. The van der Waals surface area contributed by atoms with Gasteiger partial charge in [0.2, 0.25) is 0 Å². The van der Waals surface area contributed by atoms with Crippen molar-refractivity contribution >= 4 is 24.0 Å². The number of aliphatic hydroxyl groups is 1. The molecule has 1 aromatic carbocycles. The Bertz CT molecular complexity index is 558. The maximum absolute atomic E-state index is 11.2. The summed E-state index contributed by atoms with van der Waals surface area (Å²) in [5, 5.41) is 10.3. The van der Waals surface area contributed by atoms with E-state index in [2.05, 4.69) is 68.2 Å². The molecule has 0 radical (unpaired) electrons. The van der Waals surface area contributed by atoms with Crippen molar-refractivity contribution in [3.05, 3.63) is 47.0 Å². The lowest BCUT2D eigenvalue weighted by Gasteiger charge is -2.46. The van der Waals surface area contributed by atoms with Gasteiger partial charge in [0.15, 0.2) is 0 Å². The van der Waals surface area contributed by atoms with E-state index in [1.807, 2.05) is 24.3 Å². The monoisotopic (exact) mass is 364 g/mol. The van der Waals surface area contributed by atoms with Crippen LogP contribution in [0.25, 0.3) is 0 Å². The van der Waals surface area contributed by atoms with Crippen LogP contribution in [0.5, 0.6) is 0 Å². The van der Waals surface area contributed by atoms with E-state index in [1.54, 1.807) is 6.08 Å². The molecule has 3 heteroatoms. The maximum Gasteiger partial charge on any atom is 0.116 e. The molecule has 0 bridgehead atoms. The van der Waals surface area contributed by atoms with Gasteiger partial charge in [-0.2, -0.15) is 0 Å². The summed E-state index contributed by atoms with van der Waals surface area (Å²) in [6.07, 6.45) is 2.28. The SMILES string of the molecule is C=CCC(O)(C#Cc1ccc(Br)cc1)[Si](C)(C)C(C)(C)C. The predicted molar refractivity (Wildman–Crippen MR) is 98.0 cm³/mol. The van der Waals surface area contributed by atoms with Crippen LogP contribution in [0.2, 0.25) is 18.1 Å². The molecule has 0 spiro atoms. The van der Waals surface area contributed by atoms with E-state index in [9.17, 15) is 5.11 Å². The molecule has 1 unspecified atom stereocenters. The summed E-state index contributed by atoms with van der Waals surface area (Å²) < 4.78 is 1.03. The minimum absolute atomic E-state index is 0.0547. The van der Waals surface area contributed by atoms with Gasteiger partial charge in [0.25, 0.3) is 0 Å². The fourth-order valence-electron chi connectivity index (χ4n) is 2.00. The third-order valence-corrected chi connectivity index (χ3v) is 11.3. The molecule has 0 saturated carbocycles. The van der Waals surface area contributed by atoms with Gasteiger partial charge in [0.05, 0.1) is 0 Å². The fourth-order valence-corrected chi connectivity index (χ4v) is 4.54. The quantitative estimate of drug-likeness (QED) is 0.446. The molecule has 1 nitrogen and oxygen atoms in total. The zero-order valence-corrected chi connectivity index (χ0v) is 16.2. The lowest BCUT2D eigenvalue weighted by molar-refractivity contribution is 0.173. The summed E-state index contributed by atoms with van der Waals surface area (Å²) >= 11 is 3.41. The molecule has 114 valence electrons. The van der Waals surface area contributed by atoms with Crippen molar-refractivity contribution in [1.29, 1.82) is 0 Å². The van der Waals surface area contributed by atoms with Gasteiger partial charge in [-0.15, -0.1) is 6.58 Å². The van der Waals surface area contributed by atoms with Crippen LogP contribution >= 0.6 is 15.9 Å². The summed E-state index contributed by atoms with van der Waals surface area (Å²) in [5.74, 6) is 6.30. The zero-order valence-electron chi connectivity index (χ0n) is 13.6. The van der Waals surface area contributed by atoms with Crippen molar-refractivity contribution in [2.75, 3.05) is 0 Å². The largest absolute Gasteiger partial charge is 0.381 e. The first-order valence-corrected chi connectivity index (χ1v) is 10.9. The van der Waals surface area contributed by atoms with Crippen molar-refractivity contribution in [1.82, 2.24) is 0 Å². The molecular formula is C18H25BrOSi. The van der Waals surface area contributed by atoms with Crippen LogP contribution in [0.4, 0.5) is 0 Å². The van der Waals surface area contributed by atoms with Gasteiger partial charge in [-0.05, 0) is 29.3 Å². The lowest BCUT2D eigenvalue weighted by Crippen LogP contribution is -2.58. The Morgan fingerprint density at radius 1 is 1.24 bits per heavy atom. The molecule has 0 aromatic heterocycles. The molecule has 0 saturated heterocycles. The smallest absolute Gasteiger partial charge is 0.116 e. The molecule has 0 aliphatic heterocycles. The van der Waals surface area contributed by atoms with E-state index in [1.165, 1.54) is 0 Å². The second kappa shape index (κ2) is 6.52. The summed E-state index contributed by atoms with van der Waals surface area (Å²) in [5.41, 5.74) is 0.916. The van der Waals surface area contributed by atoms with Crippen molar-refractivity contribution in [2.24, 2.45) is 0 Å².